The van der Waals surface area contributed by atoms with E-state index in [9.17, 15) is 14.4 Å². The minimum atomic E-state index is -0.960. The lowest BCUT2D eigenvalue weighted by molar-refractivity contribution is -0.144. The lowest BCUT2D eigenvalue weighted by Gasteiger charge is -2.33. The van der Waals surface area contributed by atoms with Gasteiger partial charge in [-0.1, -0.05) is 13.0 Å². The number of fused-ring (bicyclic) bond motifs is 1. The SMILES string of the molecule is CCCC(=O)N1CCCC1C(=O)N1CCc2ccc(C(=O)O)cc2C1. The Morgan fingerprint density at radius 3 is 2.72 bits per heavy atom. The molecule has 1 aromatic carbocycles. The Kier molecular flexibility index (Phi) is 5.06. The van der Waals surface area contributed by atoms with Crippen LogP contribution in [0.25, 0.3) is 0 Å². The van der Waals surface area contributed by atoms with Crippen LogP contribution in [0.5, 0.6) is 0 Å². The Labute approximate surface area is 147 Å². The Morgan fingerprint density at radius 2 is 2.00 bits per heavy atom. The van der Waals surface area contributed by atoms with Gasteiger partial charge in [0.2, 0.25) is 11.8 Å². The average Bonchev–Trinajstić information content (AvgIpc) is 3.10. The number of carbonyl (C=O) groups excluding carboxylic acids is 2. The summed E-state index contributed by atoms with van der Waals surface area (Å²) in [6.45, 7) is 3.65. The van der Waals surface area contributed by atoms with Gasteiger partial charge in [-0.25, -0.2) is 4.79 Å². The van der Waals surface area contributed by atoms with Crippen LogP contribution >= 0.6 is 0 Å². The van der Waals surface area contributed by atoms with Crippen LogP contribution in [0.4, 0.5) is 0 Å². The summed E-state index contributed by atoms with van der Waals surface area (Å²) < 4.78 is 0. The number of carboxylic acid groups (broad SMARTS) is 1. The third-order valence-electron chi connectivity index (χ3n) is 5.10. The summed E-state index contributed by atoms with van der Waals surface area (Å²) in [4.78, 5) is 39.9. The summed E-state index contributed by atoms with van der Waals surface area (Å²) in [5.41, 5.74) is 2.23. The van der Waals surface area contributed by atoms with E-state index in [1.807, 2.05) is 13.0 Å². The molecule has 1 unspecified atom stereocenters. The molecule has 0 bridgehead atoms. The van der Waals surface area contributed by atoms with Crippen molar-refractivity contribution in [2.24, 2.45) is 0 Å². The van der Waals surface area contributed by atoms with Gasteiger partial charge in [-0.15, -0.1) is 0 Å². The fourth-order valence-electron chi connectivity index (χ4n) is 3.77. The van der Waals surface area contributed by atoms with Gasteiger partial charge >= 0.3 is 5.97 Å². The Bertz CT molecular complexity index is 701. The standard InChI is InChI=1S/C19H24N2O4/c1-2-4-17(22)21-9-3-5-16(21)18(23)20-10-8-13-6-7-14(19(24)25)11-15(13)12-20/h6-7,11,16H,2-5,8-10,12H2,1H3,(H,24,25). The number of aromatic carboxylic acids is 1. The molecule has 0 aliphatic carbocycles. The first-order valence-electron chi connectivity index (χ1n) is 8.94. The van der Waals surface area contributed by atoms with Crippen molar-refractivity contribution in [1.29, 1.82) is 0 Å². The van der Waals surface area contributed by atoms with Crippen molar-refractivity contribution in [3.05, 3.63) is 34.9 Å². The second-order valence-corrected chi connectivity index (χ2v) is 6.79. The van der Waals surface area contributed by atoms with E-state index < -0.39 is 5.97 Å². The highest BCUT2D eigenvalue weighted by Gasteiger charge is 2.36. The van der Waals surface area contributed by atoms with E-state index in [2.05, 4.69) is 0 Å². The highest BCUT2D eigenvalue weighted by atomic mass is 16.4. The van der Waals surface area contributed by atoms with Gasteiger partial charge in [0.15, 0.2) is 0 Å². The zero-order valence-corrected chi connectivity index (χ0v) is 14.5. The molecule has 25 heavy (non-hydrogen) atoms. The van der Waals surface area contributed by atoms with Crippen molar-refractivity contribution < 1.29 is 19.5 Å². The highest BCUT2D eigenvalue weighted by molar-refractivity contribution is 5.89. The number of benzene rings is 1. The van der Waals surface area contributed by atoms with Crippen LogP contribution in [0.2, 0.25) is 0 Å². The van der Waals surface area contributed by atoms with Crippen LogP contribution in [0.3, 0.4) is 0 Å². The minimum Gasteiger partial charge on any atom is -0.478 e. The van der Waals surface area contributed by atoms with E-state index in [-0.39, 0.29) is 23.4 Å². The van der Waals surface area contributed by atoms with Gasteiger partial charge in [0, 0.05) is 26.1 Å². The summed E-state index contributed by atoms with van der Waals surface area (Å²) in [5.74, 6) is -0.907. The number of carbonyl (C=O) groups is 3. The van der Waals surface area contributed by atoms with E-state index in [0.29, 0.717) is 32.5 Å². The fourth-order valence-corrected chi connectivity index (χ4v) is 3.77. The summed E-state index contributed by atoms with van der Waals surface area (Å²) >= 11 is 0. The first kappa shape index (κ1) is 17.5. The van der Waals surface area contributed by atoms with Crippen LogP contribution < -0.4 is 0 Å². The molecule has 6 nitrogen and oxygen atoms in total. The van der Waals surface area contributed by atoms with Crippen molar-refractivity contribution in [1.82, 2.24) is 9.80 Å². The molecule has 2 aliphatic rings. The normalized spacial score (nSPS) is 19.6. The molecule has 2 heterocycles. The van der Waals surface area contributed by atoms with Crippen LogP contribution in [0.15, 0.2) is 18.2 Å². The van der Waals surface area contributed by atoms with Crippen LogP contribution in [-0.2, 0) is 22.6 Å². The molecule has 1 fully saturated rings. The van der Waals surface area contributed by atoms with E-state index in [1.54, 1.807) is 21.9 Å². The number of likely N-dealkylation sites (tertiary alicyclic amines) is 1. The maximum atomic E-state index is 13.0. The molecule has 2 amide bonds. The third kappa shape index (κ3) is 3.52. The van der Waals surface area contributed by atoms with Gasteiger partial charge in [-0.05, 0) is 48.9 Å². The zero-order chi connectivity index (χ0) is 18.0. The molecule has 3 rings (SSSR count). The predicted octanol–water partition coefficient (Wildman–Crippen LogP) is 2.06. The largest absolute Gasteiger partial charge is 0.478 e. The molecule has 134 valence electrons. The fraction of sp³-hybridized carbons (Fsp3) is 0.526. The van der Waals surface area contributed by atoms with Gasteiger partial charge in [0.1, 0.15) is 6.04 Å². The number of nitrogens with zero attached hydrogens (tertiary/aromatic N) is 2. The van der Waals surface area contributed by atoms with E-state index >= 15 is 0 Å². The summed E-state index contributed by atoms with van der Waals surface area (Å²) in [6, 6.07) is 4.75. The molecule has 1 aromatic rings. The van der Waals surface area contributed by atoms with Crippen molar-refractivity contribution >= 4 is 17.8 Å². The van der Waals surface area contributed by atoms with Gasteiger partial charge in [-0.2, -0.15) is 0 Å². The van der Waals surface area contributed by atoms with Crippen LogP contribution in [0.1, 0.15) is 54.1 Å². The molecule has 0 aromatic heterocycles. The first-order valence-corrected chi connectivity index (χ1v) is 8.94. The van der Waals surface area contributed by atoms with Crippen LogP contribution in [0, 0.1) is 0 Å². The smallest absolute Gasteiger partial charge is 0.335 e. The van der Waals surface area contributed by atoms with Crippen molar-refractivity contribution in [3.8, 4) is 0 Å². The summed E-state index contributed by atoms with van der Waals surface area (Å²) in [5, 5.41) is 9.16. The molecule has 2 aliphatic heterocycles. The number of hydrogen-bond acceptors (Lipinski definition) is 3. The molecule has 1 atom stereocenters. The monoisotopic (exact) mass is 344 g/mol. The maximum Gasteiger partial charge on any atom is 0.335 e. The molecular weight excluding hydrogens is 320 g/mol. The zero-order valence-electron chi connectivity index (χ0n) is 14.5. The number of rotatable bonds is 4. The highest BCUT2D eigenvalue weighted by Crippen LogP contribution is 2.25. The second kappa shape index (κ2) is 7.25. The van der Waals surface area contributed by atoms with E-state index in [0.717, 1.165) is 30.4 Å². The van der Waals surface area contributed by atoms with Gasteiger partial charge in [0.25, 0.3) is 0 Å². The van der Waals surface area contributed by atoms with Gasteiger partial charge in [0.05, 0.1) is 5.56 Å². The lowest BCUT2D eigenvalue weighted by Crippen LogP contribution is -2.49. The van der Waals surface area contributed by atoms with Crippen molar-refractivity contribution in [3.63, 3.8) is 0 Å². The Morgan fingerprint density at radius 1 is 1.20 bits per heavy atom. The first-order chi connectivity index (χ1) is 12.0. The molecule has 0 radical (unpaired) electrons. The topological polar surface area (TPSA) is 77.9 Å². The lowest BCUT2D eigenvalue weighted by atomic mass is 9.96. The molecule has 0 saturated carbocycles. The second-order valence-electron chi connectivity index (χ2n) is 6.79. The summed E-state index contributed by atoms with van der Waals surface area (Å²) in [6.07, 6.45) is 3.56. The van der Waals surface area contributed by atoms with E-state index in [1.165, 1.54) is 0 Å². The van der Waals surface area contributed by atoms with Gasteiger partial charge in [-0.3, -0.25) is 9.59 Å². The molecule has 1 N–H and O–H groups in total. The van der Waals surface area contributed by atoms with Crippen molar-refractivity contribution in [2.45, 2.75) is 51.6 Å². The molecule has 6 heteroatoms. The van der Waals surface area contributed by atoms with Crippen molar-refractivity contribution in [2.75, 3.05) is 13.1 Å². The molecule has 0 spiro atoms. The Balaban J connectivity index is 1.74. The Hall–Kier alpha value is -2.37. The quantitative estimate of drug-likeness (QED) is 0.907. The average molecular weight is 344 g/mol. The molecule has 1 saturated heterocycles. The number of amides is 2. The maximum absolute atomic E-state index is 13.0. The predicted molar refractivity (Wildman–Crippen MR) is 92.2 cm³/mol. The van der Waals surface area contributed by atoms with Crippen LogP contribution in [-0.4, -0.2) is 51.8 Å². The number of hydrogen-bond donors (Lipinski definition) is 1. The number of carboxylic acids is 1. The molecular formula is C19H24N2O4. The summed E-state index contributed by atoms with van der Waals surface area (Å²) in [7, 11) is 0. The van der Waals surface area contributed by atoms with Gasteiger partial charge < -0.3 is 14.9 Å². The van der Waals surface area contributed by atoms with E-state index in [4.69, 9.17) is 5.11 Å². The minimum absolute atomic E-state index is 0.00617. The third-order valence-corrected chi connectivity index (χ3v) is 5.10.